The molecule has 1 aromatic carbocycles. The lowest BCUT2D eigenvalue weighted by molar-refractivity contribution is -0.387. The quantitative estimate of drug-likeness (QED) is 0.477. The number of carbonyl (C=O) groups is 1. The zero-order valence-corrected chi connectivity index (χ0v) is 8.73. The average molecular weight is 311 g/mol. The van der Waals surface area contributed by atoms with Crippen LogP contribution in [0, 0.1) is 15.9 Å². The topological polar surface area (TPSA) is 69.4 Å². The fourth-order valence-electron chi connectivity index (χ4n) is 0.826. The molecule has 0 aliphatic carbocycles. The van der Waals surface area contributed by atoms with Crippen molar-refractivity contribution in [1.29, 1.82) is 0 Å². The van der Waals surface area contributed by atoms with Crippen molar-refractivity contribution in [1.82, 2.24) is 0 Å². The van der Waals surface area contributed by atoms with Crippen molar-refractivity contribution in [3.63, 3.8) is 0 Å². The van der Waals surface area contributed by atoms with Crippen LogP contribution >= 0.6 is 23.0 Å². The van der Waals surface area contributed by atoms with E-state index in [0.29, 0.717) is 0 Å². The van der Waals surface area contributed by atoms with Gasteiger partial charge >= 0.3 is 11.7 Å². The SMILES string of the molecule is O=C(OI)c1ccc([N+](=O)[O-])c(F)c1. The van der Waals surface area contributed by atoms with Crippen LogP contribution in [0.4, 0.5) is 10.1 Å². The number of rotatable bonds is 2. The van der Waals surface area contributed by atoms with Crippen LogP contribution in [0.3, 0.4) is 0 Å². The smallest absolute Gasteiger partial charge is 0.347 e. The van der Waals surface area contributed by atoms with Gasteiger partial charge in [0.1, 0.15) is 0 Å². The molecule has 5 nitrogen and oxygen atoms in total. The van der Waals surface area contributed by atoms with Gasteiger partial charge in [0.15, 0.2) is 23.0 Å². The summed E-state index contributed by atoms with van der Waals surface area (Å²) in [4.78, 5) is 20.2. The third-order valence-electron chi connectivity index (χ3n) is 1.45. The standard InChI is InChI=1S/C7H3FINO4/c8-5-3-4(7(11)14-9)1-2-6(5)10(12)13/h1-3H. The molecule has 0 aliphatic heterocycles. The van der Waals surface area contributed by atoms with Crippen LogP contribution in [-0.4, -0.2) is 10.9 Å². The van der Waals surface area contributed by atoms with E-state index in [1.807, 2.05) is 0 Å². The third-order valence-corrected chi connectivity index (χ3v) is 1.85. The van der Waals surface area contributed by atoms with Crippen LogP contribution in [0.2, 0.25) is 0 Å². The molecule has 0 aliphatic rings. The Labute approximate surface area is 91.7 Å². The molecule has 0 N–H and O–H groups in total. The number of halogens is 2. The highest BCUT2D eigenvalue weighted by atomic mass is 127. The molecule has 0 amide bonds. The molecule has 1 rings (SSSR count). The highest BCUT2D eigenvalue weighted by Crippen LogP contribution is 2.18. The van der Waals surface area contributed by atoms with E-state index in [2.05, 4.69) is 3.07 Å². The first-order valence-corrected chi connectivity index (χ1v) is 4.21. The van der Waals surface area contributed by atoms with E-state index in [0.717, 1.165) is 18.2 Å². The highest BCUT2D eigenvalue weighted by Gasteiger charge is 2.16. The van der Waals surface area contributed by atoms with Gasteiger partial charge in [0.25, 0.3) is 0 Å². The molecule has 14 heavy (non-hydrogen) atoms. The molecule has 0 bridgehead atoms. The molecular formula is C7H3FINO4. The molecule has 0 unspecified atom stereocenters. The maximum absolute atomic E-state index is 12.9. The molecule has 7 heteroatoms. The van der Waals surface area contributed by atoms with E-state index in [9.17, 15) is 19.3 Å². The first-order valence-electron chi connectivity index (χ1n) is 3.33. The van der Waals surface area contributed by atoms with Gasteiger partial charge in [-0.25, -0.2) is 4.79 Å². The molecule has 0 spiro atoms. The van der Waals surface area contributed by atoms with Crippen molar-refractivity contribution in [3.8, 4) is 0 Å². The minimum absolute atomic E-state index is 0.0671. The molecule has 0 saturated carbocycles. The first kappa shape index (κ1) is 10.8. The van der Waals surface area contributed by atoms with E-state index in [1.54, 1.807) is 0 Å². The molecule has 0 aromatic heterocycles. The lowest BCUT2D eigenvalue weighted by Gasteiger charge is -1.97. The van der Waals surface area contributed by atoms with E-state index in [-0.39, 0.29) is 5.56 Å². The van der Waals surface area contributed by atoms with Crippen molar-refractivity contribution in [2.24, 2.45) is 0 Å². The van der Waals surface area contributed by atoms with E-state index < -0.39 is 22.4 Å². The zero-order valence-electron chi connectivity index (χ0n) is 6.57. The van der Waals surface area contributed by atoms with E-state index in [1.165, 1.54) is 23.0 Å². The Kier molecular flexibility index (Phi) is 3.33. The first-order chi connectivity index (χ1) is 6.56. The number of hydrogen-bond donors (Lipinski definition) is 0. The summed E-state index contributed by atoms with van der Waals surface area (Å²) in [6.07, 6.45) is 0. The normalized spacial score (nSPS) is 9.57. The summed E-state index contributed by atoms with van der Waals surface area (Å²) < 4.78 is 17.2. The van der Waals surface area contributed by atoms with Crippen molar-refractivity contribution in [2.75, 3.05) is 0 Å². The fourth-order valence-corrected chi connectivity index (χ4v) is 1.08. The molecule has 0 heterocycles. The number of nitro benzene ring substituents is 1. The van der Waals surface area contributed by atoms with Gasteiger partial charge in [0, 0.05) is 6.07 Å². The van der Waals surface area contributed by atoms with Crippen molar-refractivity contribution in [3.05, 3.63) is 39.7 Å². The largest absolute Gasteiger partial charge is 0.391 e. The van der Waals surface area contributed by atoms with Gasteiger partial charge < -0.3 is 3.07 Å². The van der Waals surface area contributed by atoms with Gasteiger partial charge in [-0.05, 0) is 12.1 Å². The van der Waals surface area contributed by atoms with Crippen molar-refractivity contribution < 1.29 is 17.2 Å². The van der Waals surface area contributed by atoms with Gasteiger partial charge in [-0.2, -0.15) is 4.39 Å². The Hall–Kier alpha value is -1.25. The van der Waals surface area contributed by atoms with Crippen molar-refractivity contribution in [2.45, 2.75) is 0 Å². The number of nitrogens with zero attached hydrogens (tertiary/aromatic N) is 1. The lowest BCUT2D eigenvalue weighted by Crippen LogP contribution is -2.00. The number of benzene rings is 1. The Morgan fingerprint density at radius 2 is 2.21 bits per heavy atom. The summed E-state index contributed by atoms with van der Waals surface area (Å²) in [5.74, 6) is -1.81. The molecule has 0 radical (unpaired) electrons. The van der Waals surface area contributed by atoms with Crippen LogP contribution in [-0.2, 0) is 3.07 Å². The molecule has 74 valence electrons. The van der Waals surface area contributed by atoms with Crippen LogP contribution in [0.1, 0.15) is 10.4 Å². The number of hydrogen-bond acceptors (Lipinski definition) is 4. The maximum Gasteiger partial charge on any atom is 0.347 e. The summed E-state index contributed by atoms with van der Waals surface area (Å²) >= 11 is 1.34. The summed E-state index contributed by atoms with van der Waals surface area (Å²) in [5, 5.41) is 10.2. The Balaban J connectivity index is 3.12. The second kappa shape index (κ2) is 4.31. The highest BCUT2D eigenvalue weighted by molar-refractivity contribution is 14.1. The van der Waals surface area contributed by atoms with Gasteiger partial charge in [-0.3, -0.25) is 10.1 Å². The summed E-state index contributed by atoms with van der Waals surface area (Å²) in [7, 11) is 0. The van der Waals surface area contributed by atoms with Gasteiger partial charge in [-0.1, -0.05) is 0 Å². The van der Waals surface area contributed by atoms with Crippen LogP contribution in [0.5, 0.6) is 0 Å². The van der Waals surface area contributed by atoms with Crippen molar-refractivity contribution >= 4 is 34.7 Å². The fraction of sp³-hybridized carbons (Fsp3) is 0. The van der Waals surface area contributed by atoms with Crippen LogP contribution in [0.15, 0.2) is 18.2 Å². The van der Waals surface area contributed by atoms with Gasteiger partial charge in [-0.15, -0.1) is 0 Å². The minimum Gasteiger partial charge on any atom is -0.391 e. The number of carbonyl (C=O) groups excluding carboxylic acids is 1. The molecule has 1 aromatic rings. The Morgan fingerprint density at radius 1 is 1.57 bits per heavy atom. The summed E-state index contributed by atoms with van der Waals surface area (Å²) in [5.41, 5.74) is -0.738. The van der Waals surface area contributed by atoms with E-state index >= 15 is 0 Å². The van der Waals surface area contributed by atoms with E-state index in [4.69, 9.17) is 0 Å². The lowest BCUT2D eigenvalue weighted by atomic mass is 10.2. The minimum atomic E-state index is -1.06. The Morgan fingerprint density at radius 3 is 2.64 bits per heavy atom. The number of nitro groups is 1. The molecular weight excluding hydrogens is 308 g/mol. The Bertz CT molecular complexity index is 395. The van der Waals surface area contributed by atoms with Gasteiger partial charge in [0.05, 0.1) is 10.5 Å². The second-order valence-corrected chi connectivity index (χ2v) is 2.73. The second-order valence-electron chi connectivity index (χ2n) is 2.29. The predicted octanol–water partition coefficient (Wildman–Crippen LogP) is 2.24. The average Bonchev–Trinajstić information content (AvgIpc) is 2.15. The summed E-state index contributed by atoms with van der Waals surface area (Å²) in [6, 6.07) is 2.81. The zero-order chi connectivity index (χ0) is 10.7. The molecule has 0 atom stereocenters. The maximum atomic E-state index is 12.9. The molecule has 0 saturated heterocycles. The van der Waals surface area contributed by atoms with Crippen LogP contribution < -0.4 is 0 Å². The predicted molar refractivity (Wildman–Crippen MR) is 52.5 cm³/mol. The monoisotopic (exact) mass is 311 g/mol. The summed E-state index contributed by atoms with van der Waals surface area (Å²) in [6.45, 7) is 0. The van der Waals surface area contributed by atoms with Crippen LogP contribution in [0.25, 0.3) is 0 Å². The molecule has 0 fully saturated rings. The van der Waals surface area contributed by atoms with Gasteiger partial charge in [0.2, 0.25) is 5.82 Å². The third kappa shape index (κ3) is 2.16.